The number of ether oxygens (including phenoxy) is 1. The van der Waals surface area contributed by atoms with E-state index in [1.54, 1.807) is 0 Å². The number of hydrogen-bond donors (Lipinski definition) is 1. The SMILES string of the molecule is CCCNC(CCOCC)c1cccnc1. The van der Waals surface area contributed by atoms with Gasteiger partial charge in [-0.15, -0.1) is 0 Å². The maximum atomic E-state index is 5.41. The predicted molar refractivity (Wildman–Crippen MR) is 66.4 cm³/mol. The van der Waals surface area contributed by atoms with Crippen LogP contribution in [-0.2, 0) is 4.74 Å². The monoisotopic (exact) mass is 222 g/mol. The largest absolute Gasteiger partial charge is 0.382 e. The highest BCUT2D eigenvalue weighted by Crippen LogP contribution is 2.15. The second-order valence-electron chi connectivity index (χ2n) is 3.78. The minimum absolute atomic E-state index is 0.361. The van der Waals surface area contributed by atoms with E-state index in [0.717, 1.165) is 32.6 Å². The Labute approximate surface area is 98.2 Å². The third-order valence-corrected chi connectivity index (χ3v) is 2.48. The summed E-state index contributed by atoms with van der Waals surface area (Å²) in [7, 11) is 0. The van der Waals surface area contributed by atoms with Crippen LogP contribution in [0.2, 0.25) is 0 Å². The molecule has 3 nitrogen and oxygen atoms in total. The lowest BCUT2D eigenvalue weighted by Crippen LogP contribution is -2.23. The van der Waals surface area contributed by atoms with E-state index in [4.69, 9.17) is 4.74 Å². The van der Waals surface area contributed by atoms with Crippen LogP contribution in [0.25, 0.3) is 0 Å². The van der Waals surface area contributed by atoms with Gasteiger partial charge in [-0.25, -0.2) is 0 Å². The smallest absolute Gasteiger partial charge is 0.0484 e. The van der Waals surface area contributed by atoms with E-state index in [1.807, 2.05) is 25.4 Å². The lowest BCUT2D eigenvalue weighted by Gasteiger charge is -2.18. The molecule has 0 bridgehead atoms. The van der Waals surface area contributed by atoms with Crippen LogP contribution in [0.3, 0.4) is 0 Å². The van der Waals surface area contributed by atoms with E-state index in [1.165, 1.54) is 5.56 Å². The van der Waals surface area contributed by atoms with Crippen LogP contribution in [0.5, 0.6) is 0 Å². The molecule has 0 saturated heterocycles. The number of nitrogens with zero attached hydrogens (tertiary/aromatic N) is 1. The molecule has 0 amide bonds. The molecule has 1 N–H and O–H groups in total. The maximum Gasteiger partial charge on any atom is 0.0484 e. The first-order chi connectivity index (χ1) is 7.88. The van der Waals surface area contributed by atoms with Crippen molar-refractivity contribution in [1.82, 2.24) is 10.3 Å². The van der Waals surface area contributed by atoms with E-state index in [-0.39, 0.29) is 0 Å². The van der Waals surface area contributed by atoms with Crippen molar-refractivity contribution in [3.05, 3.63) is 30.1 Å². The number of rotatable bonds is 8. The van der Waals surface area contributed by atoms with Gasteiger partial charge in [-0.2, -0.15) is 0 Å². The number of hydrogen-bond acceptors (Lipinski definition) is 3. The first-order valence-electron chi connectivity index (χ1n) is 6.09. The Kier molecular flexibility index (Phi) is 6.77. The molecule has 3 heteroatoms. The molecule has 0 saturated carbocycles. The van der Waals surface area contributed by atoms with Gasteiger partial charge in [0.25, 0.3) is 0 Å². The highest BCUT2D eigenvalue weighted by molar-refractivity contribution is 5.13. The van der Waals surface area contributed by atoms with Crippen LogP contribution in [0.4, 0.5) is 0 Å². The van der Waals surface area contributed by atoms with E-state index >= 15 is 0 Å². The number of nitrogens with one attached hydrogen (secondary N) is 1. The van der Waals surface area contributed by atoms with Gasteiger partial charge in [0.05, 0.1) is 0 Å². The van der Waals surface area contributed by atoms with Crippen LogP contribution in [-0.4, -0.2) is 24.7 Å². The Hall–Kier alpha value is -0.930. The fourth-order valence-electron chi connectivity index (χ4n) is 1.63. The zero-order valence-corrected chi connectivity index (χ0v) is 10.3. The zero-order valence-electron chi connectivity index (χ0n) is 10.3. The van der Waals surface area contributed by atoms with Crippen LogP contribution in [0.15, 0.2) is 24.5 Å². The summed E-state index contributed by atoms with van der Waals surface area (Å²) in [6.07, 6.45) is 5.88. The topological polar surface area (TPSA) is 34.1 Å². The molecule has 0 fully saturated rings. The highest BCUT2D eigenvalue weighted by atomic mass is 16.5. The van der Waals surface area contributed by atoms with Crippen molar-refractivity contribution >= 4 is 0 Å². The van der Waals surface area contributed by atoms with E-state index in [9.17, 15) is 0 Å². The minimum atomic E-state index is 0.361. The summed E-state index contributed by atoms with van der Waals surface area (Å²) in [6.45, 7) is 6.82. The van der Waals surface area contributed by atoms with Crippen LogP contribution < -0.4 is 5.32 Å². The maximum absolute atomic E-state index is 5.41. The van der Waals surface area contributed by atoms with Gasteiger partial charge in [0.2, 0.25) is 0 Å². The lowest BCUT2D eigenvalue weighted by atomic mass is 10.1. The van der Waals surface area contributed by atoms with Gasteiger partial charge in [-0.05, 0) is 37.9 Å². The Bertz CT molecular complexity index is 264. The summed E-state index contributed by atoms with van der Waals surface area (Å²) in [5.74, 6) is 0. The molecule has 16 heavy (non-hydrogen) atoms. The first-order valence-corrected chi connectivity index (χ1v) is 6.09. The Balaban J connectivity index is 2.49. The Morgan fingerprint density at radius 1 is 1.44 bits per heavy atom. The van der Waals surface area contributed by atoms with Gasteiger partial charge in [-0.3, -0.25) is 4.98 Å². The van der Waals surface area contributed by atoms with Crippen LogP contribution in [0, 0.1) is 0 Å². The standard InChI is InChI=1S/C13H22N2O/c1-3-8-15-13(7-10-16-4-2)12-6-5-9-14-11-12/h5-6,9,11,13,15H,3-4,7-8,10H2,1-2H3. The van der Waals surface area contributed by atoms with Gasteiger partial charge < -0.3 is 10.1 Å². The van der Waals surface area contributed by atoms with Crippen molar-refractivity contribution in [3.63, 3.8) is 0 Å². The normalized spacial score (nSPS) is 12.6. The van der Waals surface area contributed by atoms with Crippen molar-refractivity contribution in [3.8, 4) is 0 Å². The van der Waals surface area contributed by atoms with Gasteiger partial charge in [0.15, 0.2) is 0 Å². The van der Waals surface area contributed by atoms with Crippen molar-refractivity contribution < 1.29 is 4.74 Å². The average Bonchev–Trinajstić information content (AvgIpc) is 2.35. The van der Waals surface area contributed by atoms with Crippen molar-refractivity contribution in [2.24, 2.45) is 0 Å². The van der Waals surface area contributed by atoms with Gasteiger partial charge in [-0.1, -0.05) is 13.0 Å². The van der Waals surface area contributed by atoms with Crippen molar-refractivity contribution in [2.45, 2.75) is 32.7 Å². The average molecular weight is 222 g/mol. The quantitative estimate of drug-likeness (QED) is 0.686. The number of aromatic nitrogens is 1. The molecule has 1 aromatic heterocycles. The predicted octanol–water partition coefficient (Wildman–Crippen LogP) is 2.55. The fraction of sp³-hybridized carbons (Fsp3) is 0.615. The fourth-order valence-corrected chi connectivity index (χ4v) is 1.63. The van der Waals surface area contributed by atoms with Crippen LogP contribution in [0.1, 0.15) is 38.3 Å². The molecule has 1 aromatic rings. The molecule has 1 atom stereocenters. The third kappa shape index (κ3) is 4.73. The summed E-state index contributed by atoms with van der Waals surface area (Å²) in [4.78, 5) is 4.16. The van der Waals surface area contributed by atoms with Gasteiger partial charge >= 0.3 is 0 Å². The molecular formula is C13H22N2O. The summed E-state index contributed by atoms with van der Waals surface area (Å²) in [5.41, 5.74) is 1.25. The molecule has 0 aromatic carbocycles. The van der Waals surface area contributed by atoms with Crippen molar-refractivity contribution in [1.29, 1.82) is 0 Å². The summed E-state index contributed by atoms with van der Waals surface area (Å²) >= 11 is 0. The molecule has 0 aliphatic rings. The third-order valence-electron chi connectivity index (χ3n) is 2.48. The molecule has 0 radical (unpaired) electrons. The van der Waals surface area contributed by atoms with E-state index in [0.29, 0.717) is 6.04 Å². The Morgan fingerprint density at radius 3 is 2.94 bits per heavy atom. The van der Waals surface area contributed by atoms with Crippen LogP contribution >= 0.6 is 0 Å². The second-order valence-corrected chi connectivity index (χ2v) is 3.78. The molecule has 0 aliphatic heterocycles. The van der Waals surface area contributed by atoms with E-state index < -0.39 is 0 Å². The van der Waals surface area contributed by atoms with E-state index in [2.05, 4.69) is 23.3 Å². The molecule has 0 aliphatic carbocycles. The lowest BCUT2D eigenvalue weighted by molar-refractivity contribution is 0.136. The minimum Gasteiger partial charge on any atom is -0.382 e. The molecule has 1 heterocycles. The summed E-state index contributed by atoms with van der Waals surface area (Å²) in [6, 6.07) is 4.46. The zero-order chi connectivity index (χ0) is 11.6. The molecular weight excluding hydrogens is 200 g/mol. The van der Waals surface area contributed by atoms with Gasteiger partial charge in [0.1, 0.15) is 0 Å². The highest BCUT2D eigenvalue weighted by Gasteiger charge is 2.09. The molecule has 1 rings (SSSR count). The molecule has 90 valence electrons. The van der Waals surface area contributed by atoms with Crippen molar-refractivity contribution in [2.75, 3.05) is 19.8 Å². The Morgan fingerprint density at radius 2 is 2.31 bits per heavy atom. The second kappa shape index (κ2) is 8.25. The van der Waals surface area contributed by atoms with Gasteiger partial charge in [0, 0.05) is 31.6 Å². The number of pyridine rings is 1. The summed E-state index contributed by atoms with van der Waals surface area (Å²) < 4.78 is 5.41. The molecule has 1 unspecified atom stereocenters. The molecule has 0 spiro atoms. The first kappa shape index (κ1) is 13.1. The summed E-state index contributed by atoms with van der Waals surface area (Å²) in [5, 5.41) is 3.52.